The van der Waals surface area contributed by atoms with Crippen molar-refractivity contribution in [2.45, 2.75) is 69.0 Å². The van der Waals surface area contributed by atoms with E-state index in [0.29, 0.717) is 10.6 Å². The molecular formula is C37H38Cl2FN3O4S. The SMILES string of the molecule is Cc1ccc(S(=O)(=O)N(CC(=O)N(Cc2ccc(Cl)c(Cl)c2)[C@@H](Cc2ccccc2)C(=O)NC2CCCCC2)c2ccc(F)cc2)cc1. The fourth-order valence-corrected chi connectivity index (χ4v) is 7.64. The topological polar surface area (TPSA) is 86.8 Å². The predicted molar refractivity (Wildman–Crippen MR) is 188 cm³/mol. The van der Waals surface area contributed by atoms with Gasteiger partial charge in [-0.05, 0) is 79.4 Å². The normalized spacial score (nSPS) is 14.2. The molecule has 7 nitrogen and oxygen atoms in total. The Hall–Kier alpha value is -3.92. The minimum absolute atomic E-state index is 0.0240. The number of nitrogens with zero attached hydrogens (tertiary/aromatic N) is 2. The van der Waals surface area contributed by atoms with Crippen LogP contribution in [0.5, 0.6) is 0 Å². The van der Waals surface area contributed by atoms with Crippen molar-refractivity contribution in [2.24, 2.45) is 0 Å². The van der Waals surface area contributed by atoms with Gasteiger partial charge < -0.3 is 10.2 Å². The van der Waals surface area contributed by atoms with Crippen molar-refractivity contribution in [3.8, 4) is 0 Å². The highest BCUT2D eigenvalue weighted by Crippen LogP contribution is 2.28. The summed E-state index contributed by atoms with van der Waals surface area (Å²) < 4.78 is 43.2. The Kier molecular flexibility index (Phi) is 11.8. The lowest BCUT2D eigenvalue weighted by molar-refractivity contribution is -0.140. The lowest BCUT2D eigenvalue weighted by Crippen LogP contribution is -2.55. The third-order valence-electron chi connectivity index (χ3n) is 8.56. The third kappa shape index (κ3) is 8.95. The largest absolute Gasteiger partial charge is 0.352 e. The van der Waals surface area contributed by atoms with Crippen molar-refractivity contribution in [2.75, 3.05) is 10.8 Å². The molecule has 1 saturated carbocycles. The first-order chi connectivity index (χ1) is 23.0. The molecule has 1 aliphatic carbocycles. The molecule has 0 radical (unpaired) electrons. The number of rotatable bonds is 12. The number of amides is 2. The number of hydrogen-bond acceptors (Lipinski definition) is 4. The Morgan fingerprint density at radius 1 is 0.854 bits per heavy atom. The summed E-state index contributed by atoms with van der Waals surface area (Å²) >= 11 is 12.6. The second-order valence-electron chi connectivity index (χ2n) is 12.1. The van der Waals surface area contributed by atoms with Crippen LogP contribution in [0.15, 0.2) is 102 Å². The van der Waals surface area contributed by atoms with Gasteiger partial charge in [-0.25, -0.2) is 12.8 Å². The molecular weight excluding hydrogens is 672 g/mol. The predicted octanol–water partition coefficient (Wildman–Crippen LogP) is 7.73. The first-order valence-corrected chi connectivity index (χ1v) is 18.1. The van der Waals surface area contributed by atoms with Crippen molar-refractivity contribution in [1.29, 1.82) is 0 Å². The number of anilines is 1. The Balaban J connectivity index is 1.57. The Morgan fingerprint density at radius 3 is 2.17 bits per heavy atom. The zero-order valence-corrected chi connectivity index (χ0v) is 28.9. The molecule has 4 aromatic rings. The number of sulfonamides is 1. The van der Waals surface area contributed by atoms with E-state index in [0.717, 1.165) is 59.7 Å². The maximum Gasteiger partial charge on any atom is 0.264 e. The Bertz CT molecular complexity index is 1820. The first-order valence-electron chi connectivity index (χ1n) is 15.9. The maximum atomic E-state index is 14.6. The third-order valence-corrected chi connectivity index (χ3v) is 11.1. The molecule has 0 aromatic heterocycles. The van der Waals surface area contributed by atoms with E-state index in [1.54, 1.807) is 30.3 Å². The molecule has 0 unspecified atom stereocenters. The van der Waals surface area contributed by atoms with Crippen molar-refractivity contribution in [3.63, 3.8) is 0 Å². The molecule has 4 aromatic carbocycles. The van der Waals surface area contributed by atoms with E-state index in [9.17, 15) is 22.4 Å². The number of benzene rings is 4. The van der Waals surface area contributed by atoms with Gasteiger partial charge in [-0.2, -0.15) is 0 Å². The van der Waals surface area contributed by atoms with E-state index < -0.39 is 34.3 Å². The second-order valence-corrected chi connectivity index (χ2v) is 14.8. The molecule has 252 valence electrons. The van der Waals surface area contributed by atoms with Crippen LogP contribution in [0.2, 0.25) is 10.0 Å². The van der Waals surface area contributed by atoms with E-state index in [1.165, 1.54) is 29.2 Å². The monoisotopic (exact) mass is 709 g/mol. The molecule has 0 heterocycles. The molecule has 0 aliphatic heterocycles. The quantitative estimate of drug-likeness (QED) is 0.163. The van der Waals surface area contributed by atoms with Crippen LogP contribution in [0.4, 0.5) is 10.1 Å². The van der Waals surface area contributed by atoms with Crippen LogP contribution in [0, 0.1) is 12.7 Å². The molecule has 0 saturated heterocycles. The first kappa shape index (κ1) is 35.4. The summed E-state index contributed by atoms with van der Waals surface area (Å²) in [6, 6.07) is 24.5. The molecule has 1 aliphatic rings. The summed E-state index contributed by atoms with van der Waals surface area (Å²) in [6.07, 6.45) is 4.99. The van der Waals surface area contributed by atoms with Gasteiger partial charge in [0, 0.05) is 19.0 Å². The lowest BCUT2D eigenvalue weighted by Gasteiger charge is -2.35. The molecule has 1 atom stereocenters. The smallest absolute Gasteiger partial charge is 0.264 e. The van der Waals surface area contributed by atoms with E-state index in [-0.39, 0.29) is 40.5 Å². The average Bonchev–Trinajstić information content (AvgIpc) is 3.08. The molecule has 1 fully saturated rings. The summed E-state index contributed by atoms with van der Waals surface area (Å²) in [5.74, 6) is -1.50. The number of hydrogen-bond donors (Lipinski definition) is 1. The van der Waals surface area contributed by atoms with Gasteiger partial charge >= 0.3 is 0 Å². The molecule has 2 amide bonds. The summed E-state index contributed by atoms with van der Waals surface area (Å²) in [5.41, 5.74) is 2.40. The summed E-state index contributed by atoms with van der Waals surface area (Å²) in [7, 11) is -4.30. The highest BCUT2D eigenvalue weighted by atomic mass is 35.5. The van der Waals surface area contributed by atoms with Crippen LogP contribution >= 0.6 is 23.2 Å². The van der Waals surface area contributed by atoms with Gasteiger partial charge in [0.2, 0.25) is 11.8 Å². The van der Waals surface area contributed by atoms with Crippen molar-refractivity contribution in [1.82, 2.24) is 10.2 Å². The minimum Gasteiger partial charge on any atom is -0.352 e. The summed E-state index contributed by atoms with van der Waals surface area (Å²) in [5, 5.41) is 3.79. The zero-order valence-electron chi connectivity index (χ0n) is 26.6. The van der Waals surface area contributed by atoms with Gasteiger partial charge in [-0.15, -0.1) is 0 Å². The lowest BCUT2D eigenvalue weighted by atomic mass is 9.94. The van der Waals surface area contributed by atoms with Gasteiger partial charge in [0.1, 0.15) is 18.4 Å². The number of carbonyl (C=O) groups excluding carboxylic acids is 2. The van der Waals surface area contributed by atoms with Crippen molar-refractivity contribution < 1.29 is 22.4 Å². The van der Waals surface area contributed by atoms with E-state index >= 15 is 0 Å². The number of carbonyl (C=O) groups is 2. The standard InChI is InChI=1S/C37H38Cl2FN3O4S/c1-26-12-19-32(20-13-26)48(46,47)43(31-17-15-29(40)16-18-31)25-36(44)42(24-28-14-21-33(38)34(39)22-28)35(23-27-8-4-2-5-9-27)37(45)41-30-10-6-3-7-11-30/h2,4-5,8-9,12-22,30,35H,3,6-7,10-11,23-25H2,1H3,(H,41,45)/t35-/m0/s1. The van der Waals surface area contributed by atoms with Crippen LogP contribution in [0.1, 0.15) is 48.8 Å². The second kappa shape index (κ2) is 16.0. The molecule has 11 heteroatoms. The molecule has 0 spiro atoms. The van der Waals surface area contributed by atoms with Crippen LogP contribution in [0.25, 0.3) is 0 Å². The van der Waals surface area contributed by atoms with Gasteiger partial charge in [-0.1, -0.05) is 96.6 Å². The van der Waals surface area contributed by atoms with Crippen molar-refractivity contribution >= 4 is 50.7 Å². The van der Waals surface area contributed by atoms with Crippen LogP contribution in [0.3, 0.4) is 0 Å². The highest BCUT2D eigenvalue weighted by molar-refractivity contribution is 7.92. The number of nitrogens with one attached hydrogen (secondary N) is 1. The molecule has 0 bridgehead atoms. The van der Waals surface area contributed by atoms with Gasteiger partial charge in [-0.3, -0.25) is 13.9 Å². The molecule has 48 heavy (non-hydrogen) atoms. The Morgan fingerprint density at radius 2 is 1.52 bits per heavy atom. The van der Waals surface area contributed by atoms with E-state index in [2.05, 4.69) is 5.32 Å². The zero-order chi connectivity index (χ0) is 34.3. The number of aryl methyl sites for hydroxylation is 1. The summed E-state index contributed by atoms with van der Waals surface area (Å²) in [4.78, 5) is 30.2. The highest BCUT2D eigenvalue weighted by Gasteiger charge is 2.35. The molecule has 1 N–H and O–H groups in total. The van der Waals surface area contributed by atoms with Crippen LogP contribution < -0.4 is 9.62 Å². The average molecular weight is 711 g/mol. The minimum atomic E-state index is -4.30. The van der Waals surface area contributed by atoms with Gasteiger partial charge in [0.15, 0.2) is 0 Å². The van der Waals surface area contributed by atoms with E-state index in [4.69, 9.17) is 23.2 Å². The fraction of sp³-hybridized carbons (Fsp3) is 0.297. The maximum absolute atomic E-state index is 14.6. The van der Waals surface area contributed by atoms with Crippen molar-refractivity contribution in [3.05, 3.63) is 130 Å². The van der Waals surface area contributed by atoms with Crippen LogP contribution in [-0.4, -0.2) is 43.8 Å². The molecule has 5 rings (SSSR count). The van der Waals surface area contributed by atoms with Gasteiger partial charge in [0.05, 0.1) is 20.6 Å². The number of halogens is 3. The van der Waals surface area contributed by atoms with Gasteiger partial charge in [0.25, 0.3) is 10.0 Å². The van der Waals surface area contributed by atoms with E-state index in [1.807, 2.05) is 37.3 Å². The van der Waals surface area contributed by atoms with Crippen LogP contribution in [-0.2, 0) is 32.6 Å². The Labute approximate surface area is 291 Å². The fourth-order valence-electron chi connectivity index (χ4n) is 5.91. The summed E-state index contributed by atoms with van der Waals surface area (Å²) in [6.45, 7) is 1.14.